The smallest absolute Gasteiger partial charge is 0.287 e. The lowest BCUT2D eigenvalue weighted by Crippen LogP contribution is -2.39. The van der Waals surface area contributed by atoms with Crippen LogP contribution in [-0.2, 0) is 0 Å². The molecule has 1 aromatic carbocycles. The Morgan fingerprint density at radius 3 is 2.50 bits per heavy atom. The highest BCUT2D eigenvalue weighted by molar-refractivity contribution is 14.0. The Bertz CT molecular complexity index is 807. The van der Waals surface area contributed by atoms with Gasteiger partial charge in [-0.15, -0.1) is 24.0 Å². The Kier molecular flexibility index (Phi) is 12.0. The molecule has 1 aromatic heterocycles. The molecule has 0 spiro atoms. The zero-order chi connectivity index (χ0) is 21.1. The molecule has 0 aliphatic rings. The minimum Gasteiger partial charge on any atom is -0.489 e. The van der Waals surface area contributed by atoms with Crippen LogP contribution in [0.25, 0.3) is 0 Å². The summed E-state index contributed by atoms with van der Waals surface area (Å²) in [6, 6.07) is 9.74. The van der Waals surface area contributed by atoms with Crippen LogP contribution in [0.3, 0.4) is 0 Å². The Balaban J connectivity index is 0.00000450. The number of aryl methyl sites for hydroxylation is 2. The summed E-state index contributed by atoms with van der Waals surface area (Å²) < 4.78 is 11.2. The average Bonchev–Trinajstić information content (AvgIpc) is 3.13. The second-order valence-electron chi connectivity index (χ2n) is 6.88. The molecule has 8 heteroatoms. The fourth-order valence-corrected chi connectivity index (χ4v) is 2.69. The fourth-order valence-electron chi connectivity index (χ4n) is 2.69. The summed E-state index contributed by atoms with van der Waals surface area (Å²) in [4.78, 5) is 16.6. The maximum absolute atomic E-state index is 12.0. The average molecular weight is 528 g/mol. The zero-order valence-electron chi connectivity index (χ0n) is 18.2. The lowest BCUT2D eigenvalue weighted by molar-refractivity contribution is 0.0925. The van der Waals surface area contributed by atoms with Crippen molar-refractivity contribution < 1.29 is 13.9 Å². The molecule has 0 aliphatic carbocycles. The largest absolute Gasteiger partial charge is 0.489 e. The lowest BCUT2D eigenvalue weighted by Gasteiger charge is -2.16. The number of nitrogens with zero attached hydrogens (tertiary/aromatic N) is 1. The highest BCUT2D eigenvalue weighted by atomic mass is 127. The molecule has 0 fully saturated rings. The van der Waals surface area contributed by atoms with Crippen LogP contribution in [0, 0.1) is 13.8 Å². The van der Waals surface area contributed by atoms with Crippen molar-refractivity contribution in [3.05, 3.63) is 53.5 Å². The second-order valence-corrected chi connectivity index (χ2v) is 6.88. The predicted octanol–water partition coefficient (Wildman–Crippen LogP) is 3.66. The van der Waals surface area contributed by atoms with Gasteiger partial charge in [-0.25, -0.2) is 4.99 Å². The van der Waals surface area contributed by atoms with E-state index in [2.05, 4.69) is 20.9 Å². The number of rotatable bonds is 10. The van der Waals surface area contributed by atoms with Gasteiger partial charge in [0.2, 0.25) is 0 Å². The first-order valence-corrected chi connectivity index (χ1v) is 10.1. The van der Waals surface area contributed by atoms with Crippen LogP contribution in [0.1, 0.15) is 41.9 Å². The van der Waals surface area contributed by atoms with E-state index in [1.807, 2.05) is 52.0 Å². The molecule has 3 N–H and O–H groups in total. The summed E-state index contributed by atoms with van der Waals surface area (Å²) in [6.07, 6.45) is 2.25. The first-order valence-electron chi connectivity index (χ1n) is 10.1. The first-order chi connectivity index (χ1) is 14.0. The molecule has 1 heterocycles. The third-order valence-corrected chi connectivity index (χ3v) is 4.27. The molecule has 0 saturated heterocycles. The number of amides is 1. The number of guanidine groups is 1. The third-order valence-electron chi connectivity index (χ3n) is 4.27. The number of aliphatic imine (C=N–C) groups is 1. The van der Waals surface area contributed by atoms with Crippen molar-refractivity contribution in [2.45, 2.75) is 40.2 Å². The number of nitrogens with one attached hydrogen (secondary N) is 3. The minimum absolute atomic E-state index is 0. The zero-order valence-corrected chi connectivity index (χ0v) is 20.5. The van der Waals surface area contributed by atoms with Crippen LogP contribution < -0.4 is 20.7 Å². The van der Waals surface area contributed by atoms with Crippen LogP contribution in [0.4, 0.5) is 0 Å². The number of ether oxygens (including phenoxy) is 1. The van der Waals surface area contributed by atoms with Crippen LogP contribution in [0.5, 0.6) is 5.75 Å². The van der Waals surface area contributed by atoms with E-state index >= 15 is 0 Å². The van der Waals surface area contributed by atoms with E-state index in [0.717, 1.165) is 35.8 Å². The van der Waals surface area contributed by atoms with Crippen molar-refractivity contribution in [2.24, 2.45) is 4.99 Å². The van der Waals surface area contributed by atoms with Gasteiger partial charge in [0, 0.05) is 25.2 Å². The van der Waals surface area contributed by atoms with E-state index in [0.29, 0.717) is 25.4 Å². The summed E-state index contributed by atoms with van der Waals surface area (Å²) in [7, 11) is 0. The summed E-state index contributed by atoms with van der Waals surface area (Å²) in [5.74, 6) is 1.81. The van der Waals surface area contributed by atoms with Gasteiger partial charge < -0.3 is 25.1 Å². The van der Waals surface area contributed by atoms with Crippen LogP contribution in [0.15, 0.2) is 46.0 Å². The minimum atomic E-state index is -0.185. The molecule has 0 saturated carbocycles. The standard InChI is InChI=1S/C22H32N4O3.HI/c1-5-23-22(26-15-18(4)29-19-10-7-6-9-16(19)2)25-13-8-12-24-21(27)20-17(3)11-14-28-20;/h6-7,9-11,14,18H,5,8,12-13,15H2,1-4H3,(H,24,27)(H2,23,25,26);1H. The highest BCUT2D eigenvalue weighted by Gasteiger charge is 2.11. The fraction of sp³-hybridized carbons (Fsp3) is 0.455. The molecule has 0 bridgehead atoms. The van der Waals surface area contributed by atoms with Gasteiger partial charge in [0.15, 0.2) is 11.7 Å². The van der Waals surface area contributed by atoms with E-state index in [1.165, 1.54) is 6.26 Å². The Morgan fingerprint density at radius 1 is 1.10 bits per heavy atom. The van der Waals surface area contributed by atoms with Crippen molar-refractivity contribution >= 4 is 35.8 Å². The molecule has 1 unspecified atom stereocenters. The number of carbonyl (C=O) groups is 1. The van der Waals surface area contributed by atoms with Crippen LogP contribution in [0.2, 0.25) is 0 Å². The highest BCUT2D eigenvalue weighted by Crippen LogP contribution is 2.17. The molecule has 30 heavy (non-hydrogen) atoms. The number of furan rings is 1. The van der Waals surface area contributed by atoms with Crippen molar-refractivity contribution in [3.63, 3.8) is 0 Å². The normalized spacial score (nSPS) is 11.9. The molecule has 2 aromatic rings. The van der Waals surface area contributed by atoms with Crippen molar-refractivity contribution in [3.8, 4) is 5.75 Å². The molecule has 1 amide bonds. The molecule has 2 rings (SSSR count). The van der Waals surface area contributed by atoms with Gasteiger partial charge in [-0.3, -0.25) is 4.79 Å². The van der Waals surface area contributed by atoms with E-state index in [-0.39, 0.29) is 36.0 Å². The number of para-hydroxylation sites is 1. The third kappa shape index (κ3) is 8.64. The van der Waals surface area contributed by atoms with Crippen molar-refractivity contribution in [1.82, 2.24) is 16.0 Å². The SMILES string of the molecule is CCNC(=NCC(C)Oc1ccccc1C)NCCCNC(=O)c1occc1C.I. The van der Waals surface area contributed by atoms with Crippen molar-refractivity contribution in [1.29, 1.82) is 0 Å². The topological polar surface area (TPSA) is 87.9 Å². The van der Waals surface area contributed by atoms with Gasteiger partial charge in [-0.05, 0) is 51.8 Å². The summed E-state index contributed by atoms with van der Waals surface area (Å²) in [5, 5.41) is 9.36. The van der Waals surface area contributed by atoms with E-state index in [9.17, 15) is 4.79 Å². The van der Waals surface area contributed by atoms with Gasteiger partial charge in [-0.2, -0.15) is 0 Å². The van der Waals surface area contributed by atoms with Crippen molar-refractivity contribution in [2.75, 3.05) is 26.2 Å². The van der Waals surface area contributed by atoms with Crippen LogP contribution in [-0.4, -0.2) is 44.1 Å². The Morgan fingerprint density at radius 2 is 1.83 bits per heavy atom. The number of halogens is 1. The Hall–Kier alpha value is -2.23. The summed E-state index contributed by atoms with van der Waals surface area (Å²) in [5.41, 5.74) is 1.95. The number of carbonyl (C=O) groups excluding carboxylic acids is 1. The maximum Gasteiger partial charge on any atom is 0.287 e. The van der Waals surface area contributed by atoms with Gasteiger partial charge >= 0.3 is 0 Å². The van der Waals surface area contributed by atoms with Gasteiger partial charge in [0.25, 0.3) is 5.91 Å². The lowest BCUT2D eigenvalue weighted by atomic mass is 10.2. The summed E-state index contributed by atoms with van der Waals surface area (Å²) in [6.45, 7) is 10.5. The van der Waals surface area contributed by atoms with Gasteiger partial charge in [-0.1, -0.05) is 18.2 Å². The molecule has 7 nitrogen and oxygen atoms in total. The second kappa shape index (κ2) is 13.9. The number of hydrogen-bond acceptors (Lipinski definition) is 4. The molecule has 1 atom stereocenters. The molecular formula is C22H33IN4O3. The predicted molar refractivity (Wildman–Crippen MR) is 131 cm³/mol. The van der Waals surface area contributed by atoms with Gasteiger partial charge in [0.1, 0.15) is 11.9 Å². The molecule has 166 valence electrons. The number of hydrogen-bond donors (Lipinski definition) is 3. The Labute approximate surface area is 196 Å². The number of benzene rings is 1. The van der Waals surface area contributed by atoms with E-state index in [4.69, 9.17) is 9.15 Å². The molecule has 0 radical (unpaired) electrons. The van der Waals surface area contributed by atoms with Gasteiger partial charge in [0.05, 0.1) is 12.8 Å². The summed E-state index contributed by atoms with van der Waals surface area (Å²) >= 11 is 0. The first kappa shape index (κ1) is 25.8. The van der Waals surface area contributed by atoms with Crippen LogP contribution >= 0.6 is 24.0 Å². The molecular weight excluding hydrogens is 495 g/mol. The van der Waals surface area contributed by atoms with E-state index in [1.54, 1.807) is 6.07 Å². The monoisotopic (exact) mass is 528 g/mol. The molecule has 0 aliphatic heterocycles. The van der Waals surface area contributed by atoms with E-state index < -0.39 is 0 Å². The quantitative estimate of drug-likeness (QED) is 0.190. The maximum atomic E-state index is 12.0.